The zero-order valence-corrected chi connectivity index (χ0v) is 10.2. The molecule has 0 aliphatic rings. The number of carbonyl (C=O) groups excluding carboxylic acids is 1. The van der Waals surface area contributed by atoms with Gasteiger partial charge in [0, 0.05) is 10.9 Å². The molecule has 0 aliphatic carbocycles. The minimum absolute atomic E-state index is 0.553. The van der Waals surface area contributed by atoms with Crippen LogP contribution in [-0.2, 0) is 0 Å². The Kier molecular flexibility index (Phi) is 4.56. The fourth-order valence-corrected chi connectivity index (χ4v) is 1.46. The lowest BCUT2D eigenvalue weighted by molar-refractivity contribution is 0.111. The molecule has 1 aromatic rings. The molecule has 0 aromatic heterocycles. The summed E-state index contributed by atoms with van der Waals surface area (Å²) in [6.07, 6.45) is 1.59. The predicted molar refractivity (Wildman–Crippen MR) is 64.5 cm³/mol. The first-order valence-electron chi connectivity index (χ1n) is 4.65. The van der Waals surface area contributed by atoms with Gasteiger partial charge in [0.2, 0.25) is 0 Å². The molecular weight excluding hydrogens is 256 g/mol. The normalized spacial score (nSPS) is 9.73. The summed E-state index contributed by atoms with van der Waals surface area (Å²) in [7, 11) is 0. The molecule has 0 atom stereocenters. The highest BCUT2D eigenvalue weighted by Crippen LogP contribution is 2.21. The van der Waals surface area contributed by atoms with Crippen LogP contribution in [0.25, 0.3) is 0 Å². The largest absolute Gasteiger partial charge is 0.493 e. The van der Waals surface area contributed by atoms with Crippen LogP contribution in [0.4, 0.5) is 0 Å². The van der Waals surface area contributed by atoms with Crippen LogP contribution >= 0.6 is 15.9 Å². The molecule has 0 spiro atoms. The minimum atomic E-state index is 0.553. The van der Waals surface area contributed by atoms with Gasteiger partial charge in [-0.1, -0.05) is 21.5 Å². The van der Waals surface area contributed by atoms with Gasteiger partial charge in [0.25, 0.3) is 0 Å². The molecule has 3 heteroatoms. The van der Waals surface area contributed by atoms with Crippen LogP contribution in [0.2, 0.25) is 0 Å². The molecule has 1 rings (SSSR count). The van der Waals surface area contributed by atoms with Crippen molar-refractivity contribution in [3.05, 3.63) is 40.4 Å². The summed E-state index contributed by atoms with van der Waals surface area (Å²) in [6.45, 7) is 6.29. The molecule has 0 radical (unpaired) electrons. The van der Waals surface area contributed by atoms with Crippen LogP contribution in [-0.4, -0.2) is 12.9 Å². The highest BCUT2D eigenvalue weighted by Gasteiger charge is 2.03. The second-order valence-electron chi connectivity index (χ2n) is 3.36. The first-order chi connectivity index (χ1) is 7.13. The number of aldehydes is 1. The molecule has 0 fully saturated rings. The lowest BCUT2D eigenvalue weighted by atomic mass is 10.2. The standard InChI is InChI=1S/C12H13BrO2/c1-9(2)5-6-15-12-4-3-11(13)7-10(12)8-14/h3-4,7-8H,1,5-6H2,2H3. The molecule has 0 heterocycles. The van der Waals surface area contributed by atoms with Crippen molar-refractivity contribution in [3.63, 3.8) is 0 Å². The quantitative estimate of drug-likeness (QED) is 0.603. The van der Waals surface area contributed by atoms with E-state index in [1.165, 1.54) is 0 Å². The Labute approximate surface area is 98.1 Å². The fourth-order valence-electron chi connectivity index (χ4n) is 1.08. The van der Waals surface area contributed by atoms with Crippen molar-refractivity contribution in [2.24, 2.45) is 0 Å². The average Bonchev–Trinajstić information content (AvgIpc) is 2.19. The van der Waals surface area contributed by atoms with Gasteiger partial charge in [-0.2, -0.15) is 0 Å². The van der Waals surface area contributed by atoms with E-state index in [1.807, 2.05) is 13.0 Å². The van der Waals surface area contributed by atoms with Crippen molar-refractivity contribution in [1.29, 1.82) is 0 Å². The van der Waals surface area contributed by atoms with Crippen molar-refractivity contribution >= 4 is 22.2 Å². The van der Waals surface area contributed by atoms with Gasteiger partial charge in [-0.25, -0.2) is 0 Å². The second-order valence-corrected chi connectivity index (χ2v) is 4.27. The van der Waals surface area contributed by atoms with Gasteiger partial charge >= 0.3 is 0 Å². The zero-order chi connectivity index (χ0) is 11.3. The monoisotopic (exact) mass is 268 g/mol. The van der Waals surface area contributed by atoms with Crippen LogP contribution in [0.15, 0.2) is 34.8 Å². The third kappa shape index (κ3) is 3.88. The Hall–Kier alpha value is -1.09. The Morgan fingerprint density at radius 3 is 2.93 bits per heavy atom. The first kappa shape index (κ1) is 12.0. The number of halogens is 1. The summed E-state index contributed by atoms with van der Waals surface area (Å²) >= 11 is 3.30. The number of benzene rings is 1. The molecule has 0 saturated heterocycles. The highest BCUT2D eigenvalue weighted by molar-refractivity contribution is 9.10. The van der Waals surface area contributed by atoms with Crippen molar-refractivity contribution in [2.45, 2.75) is 13.3 Å². The number of carbonyl (C=O) groups is 1. The third-order valence-electron chi connectivity index (χ3n) is 1.89. The Bertz CT molecular complexity index is 372. The van der Waals surface area contributed by atoms with E-state index in [2.05, 4.69) is 22.5 Å². The zero-order valence-electron chi connectivity index (χ0n) is 8.63. The summed E-state index contributed by atoms with van der Waals surface area (Å²) in [4.78, 5) is 10.8. The highest BCUT2D eigenvalue weighted by atomic mass is 79.9. The van der Waals surface area contributed by atoms with E-state index in [4.69, 9.17) is 4.74 Å². The average molecular weight is 269 g/mol. The third-order valence-corrected chi connectivity index (χ3v) is 2.38. The molecule has 0 saturated carbocycles. The van der Waals surface area contributed by atoms with Gasteiger partial charge in [0.05, 0.1) is 12.2 Å². The van der Waals surface area contributed by atoms with E-state index in [9.17, 15) is 4.79 Å². The molecule has 0 amide bonds. The van der Waals surface area contributed by atoms with E-state index in [0.717, 1.165) is 22.8 Å². The van der Waals surface area contributed by atoms with E-state index >= 15 is 0 Å². The lowest BCUT2D eigenvalue weighted by Crippen LogP contribution is -2.00. The van der Waals surface area contributed by atoms with Crippen molar-refractivity contribution in [3.8, 4) is 5.75 Å². The number of rotatable bonds is 5. The lowest BCUT2D eigenvalue weighted by Gasteiger charge is -2.08. The maximum Gasteiger partial charge on any atom is 0.153 e. The molecule has 0 bridgehead atoms. The maximum atomic E-state index is 10.8. The maximum absolute atomic E-state index is 10.8. The summed E-state index contributed by atoms with van der Waals surface area (Å²) in [5, 5.41) is 0. The number of hydrogen-bond acceptors (Lipinski definition) is 2. The summed E-state index contributed by atoms with van der Waals surface area (Å²) in [5.41, 5.74) is 1.63. The topological polar surface area (TPSA) is 26.3 Å². The molecule has 0 N–H and O–H groups in total. The summed E-state index contributed by atoms with van der Waals surface area (Å²) < 4.78 is 6.35. The smallest absolute Gasteiger partial charge is 0.153 e. The van der Waals surface area contributed by atoms with E-state index in [1.54, 1.807) is 12.1 Å². The minimum Gasteiger partial charge on any atom is -0.493 e. The van der Waals surface area contributed by atoms with E-state index in [-0.39, 0.29) is 0 Å². The molecule has 15 heavy (non-hydrogen) atoms. The Morgan fingerprint density at radius 1 is 1.60 bits per heavy atom. The van der Waals surface area contributed by atoms with Gasteiger partial charge in [0.15, 0.2) is 6.29 Å². The van der Waals surface area contributed by atoms with Crippen LogP contribution in [0.1, 0.15) is 23.7 Å². The van der Waals surface area contributed by atoms with Crippen LogP contribution in [0.5, 0.6) is 5.75 Å². The molecule has 0 aliphatic heterocycles. The summed E-state index contributed by atoms with van der Waals surface area (Å²) in [6, 6.07) is 5.37. The SMILES string of the molecule is C=C(C)CCOc1ccc(Br)cc1C=O. The van der Waals surface area contributed by atoms with Gasteiger partial charge in [-0.3, -0.25) is 4.79 Å². The van der Waals surface area contributed by atoms with Crippen LogP contribution in [0, 0.1) is 0 Å². The van der Waals surface area contributed by atoms with Crippen LogP contribution < -0.4 is 4.74 Å². The van der Waals surface area contributed by atoms with Gasteiger partial charge < -0.3 is 4.74 Å². The fraction of sp³-hybridized carbons (Fsp3) is 0.250. The molecule has 80 valence electrons. The van der Waals surface area contributed by atoms with Crippen LogP contribution in [0.3, 0.4) is 0 Å². The Balaban J connectivity index is 2.67. The predicted octanol–water partition coefficient (Wildman–Crippen LogP) is 3.61. The number of hydrogen-bond donors (Lipinski definition) is 0. The van der Waals surface area contributed by atoms with E-state index in [0.29, 0.717) is 17.9 Å². The second kappa shape index (κ2) is 5.71. The van der Waals surface area contributed by atoms with Gasteiger partial charge in [0.1, 0.15) is 5.75 Å². The summed E-state index contributed by atoms with van der Waals surface area (Å²) in [5.74, 6) is 0.620. The van der Waals surface area contributed by atoms with Crippen molar-refractivity contribution in [2.75, 3.05) is 6.61 Å². The first-order valence-corrected chi connectivity index (χ1v) is 5.44. The van der Waals surface area contributed by atoms with Gasteiger partial charge in [-0.05, 0) is 25.1 Å². The van der Waals surface area contributed by atoms with Crippen molar-refractivity contribution in [1.82, 2.24) is 0 Å². The van der Waals surface area contributed by atoms with E-state index < -0.39 is 0 Å². The van der Waals surface area contributed by atoms with Gasteiger partial charge in [-0.15, -0.1) is 6.58 Å². The van der Waals surface area contributed by atoms with Crippen molar-refractivity contribution < 1.29 is 9.53 Å². The molecule has 2 nitrogen and oxygen atoms in total. The Morgan fingerprint density at radius 2 is 2.33 bits per heavy atom. The molecular formula is C12H13BrO2. The number of ether oxygens (including phenoxy) is 1. The molecule has 1 aromatic carbocycles. The molecule has 0 unspecified atom stereocenters.